The molecule has 17 heavy (non-hydrogen) atoms. The molecule has 0 aliphatic carbocycles. The van der Waals surface area contributed by atoms with E-state index in [1.54, 1.807) is 6.92 Å². The number of hydrogen-bond donors (Lipinski definition) is 2. The highest BCUT2D eigenvalue weighted by molar-refractivity contribution is 5.91. The zero-order valence-electron chi connectivity index (χ0n) is 8.87. The molecule has 0 fully saturated rings. The molecule has 1 aromatic heterocycles. The molecule has 0 unspecified atom stereocenters. The lowest BCUT2D eigenvalue weighted by Gasteiger charge is -2.10. The largest absolute Gasteiger partial charge is 0.481 e. The predicted molar refractivity (Wildman–Crippen MR) is 52.5 cm³/mol. The van der Waals surface area contributed by atoms with Crippen molar-refractivity contribution in [3.8, 4) is 0 Å². The molecule has 1 heterocycles. The van der Waals surface area contributed by atoms with Crippen molar-refractivity contribution in [3.63, 3.8) is 0 Å². The number of carboxylic acid groups (broad SMARTS) is 2. The zero-order valence-corrected chi connectivity index (χ0v) is 8.87. The van der Waals surface area contributed by atoms with Gasteiger partial charge in [-0.15, -0.1) is 0 Å². The van der Waals surface area contributed by atoms with E-state index in [1.165, 1.54) is 6.07 Å². The van der Waals surface area contributed by atoms with Crippen LogP contribution in [-0.4, -0.2) is 34.2 Å². The first-order chi connectivity index (χ1) is 7.90. The summed E-state index contributed by atoms with van der Waals surface area (Å²) in [5.74, 6) is -3.35. The highest BCUT2D eigenvalue weighted by Crippen LogP contribution is 2.10. The smallest absolute Gasteiger partial charge is 0.345 e. The van der Waals surface area contributed by atoms with Crippen LogP contribution in [0.1, 0.15) is 22.5 Å². The number of carbonyl (C=O) groups excluding carboxylic acids is 1. The van der Waals surface area contributed by atoms with Crippen molar-refractivity contribution in [1.82, 2.24) is 0 Å². The Kier molecular flexibility index (Phi) is 3.86. The lowest BCUT2D eigenvalue weighted by Crippen LogP contribution is -2.29. The summed E-state index contributed by atoms with van der Waals surface area (Å²) >= 11 is 0. The van der Waals surface area contributed by atoms with Crippen molar-refractivity contribution in [2.24, 2.45) is 0 Å². The summed E-state index contributed by atoms with van der Waals surface area (Å²) in [7, 11) is 0. The molecule has 0 bridgehead atoms. The minimum atomic E-state index is -1.71. The van der Waals surface area contributed by atoms with Crippen molar-refractivity contribution in [2.45, 2.75) is 19.4 Å². The zero-order chi connectivity index (χ0) is 13.0. The van der Waals surface area contributed by atoms with Crippen LogP contribution < -0.4 is 0 Å². The summed E-state index contributed by atoms with van der Waals surface area (Å²) in [6.07, 6.45) is -1.40. The highest BCUT2D eigenvalue weighted by Gasteiger charge is 2.26. The molecule has 0 saturated heterocycles. The van der Waals surface area contributed by atoms with Gasteiger partial charge in [0, 0.05) is 0 Å². The van der Waals surface area contributed by atoms with E-state index in [1.807, 2.05) is 0 Å². The number of carboxylic acids is 2. The first-order valence-corrected chi connectivity index (χ1v) is 4.61. The van der Waals surface area contributed by atoms with Gasteiger partial charge in [-0.05, 0) is 13.0 Å². The third-order valence-corrected chi connectivity index (χ3v) is 1.85. The summed E-state index contributed by atoms with van der Waals surface area (Å²) in [5.41, 5.74) is 0.0409. The monoisotopic (exact) mass is 242 g/mol. The van der Waals surface area contributed by atoms with Gasteiger partial charge < -0.3 is 19.4 Å². The number of ether oxygens (including phenoxy) is 1. The maximum absolute atomic E-state index is 11.4. The number of aliphatic carboxylic acids is 2. The molecule has 7 nitrogen and oxygen atoms in total. The number of furan rings is 1. The van der Waals surface area contributed by atoms with Crippen LogP contribution >= 0.6 is 0 Å². The summed E-state index contributed by atoms with van der Waals surface area (Å²) in [5, 5.41) is 17.1. The van der Waals surface area contributed by atoms with E-state index >= 15 is 0 Å². The first kappa shape index (κ1) is 12.8. The lowest BCUT2D eigenvalue weighted by atomic mass is 10.2. The second kappa shape index (κ2) is 5.15. The Balaban J connectivity index is 2.70. The first-order valence-electron chi connectivity index (χ1n) is 4.61. The number of carbonyl (C=O) groups is 3. The van der Waals surface area contributed by atoms with Crippen molar-refractivity contribution in [3.05, 3.63) is 23.7 Å². The molecule has 0 amide bonds. The lowest BCUT2D eigenvalue weighted by molar-refractivity contribution is -0.153. The van der Waals surface area contributed by atoms with Gasteiger partial charge in [0.25, 0.3) is 0 Å². The molecule has 1 rings (SSSR count). The molecule has 7 heteroatoms. The van der Waals surface area contributed by atoms with Crippen LogP contribution in [-0.2, 0) is 14.3 Å². The van der Waals surface area contributed by atoms with Crippen molar-refractivity contribution < 1.29 is 33.8 Å². The van der Waals surface area contributed by atoms with Crippen molar-refractivity contribution >= 4 is 17.9 Å². The van der Waals surface area contributed by atoms with E-state index in [0.29, 0.717) is 5.76 Å². The summed E-state index contributed by atoms with van der Waals surface area (Å²) in [4.78, 5) is 32.4. The molecule has 0 radical (unpaired) electrons. The number of rotatable bonds is 5. The van der Waals surface area contributed by atoms with Crippen LogP contribution in [0.4, 0.5) is 0 Å². The maximum atomic E-state index is 11.4. The Morgan fingerprint density at radius 2 is 2.06 bits per heavy atom. The summed E-state index contributed by atoms with van der Waals surface area (Å²) in [6.45, 7) is 1.60. The number of aryl methyl sites for hydroxylation is 1. The summed E-state index contributed by atoms with van der Waals surface area (Å²) < 4.78 is 9.39. The average Bonchev–Trinajstić information content (AvgIpc) is 2.63. The van der Waals surface area contributed by atoms with Gasteiger partial charge in [0.15, 0.2) is 0 Å². The molecule has 0 saturated carbocycles. The normalized spacial score (nSPS) is 11.8. The van der Waals surface area contributed by atoms with E-state index < -0.39 is 30.4 Å². The van der Waals surface area contributed by atoms with E-state index in [9.17, 15) is 14.4 Å². The van der Waals surface area contributed by atoms with Crippen LogP contribution in [0.5, 0.6) is 0 Å². The van der Waals surface area contributed by atoms with Gasteiger partial charge in [-0.3, -0.25) is 4.79 Å². The standard InChI is InChI=1S/C10H10O7/c1-5-2-6(4-16-5)10(15)17-7(9(13)14)3-8(11)12/h2,4,7H,3H2,1H3,(H,11,12)(H,13,14)/t7-/m1/s1. The van der Waals surface area contributed by atoms with Gasteiger partial charge in [0.1, 0.15) is 12.0 Å². The molecular formula is C10H10O7. The van der Waals surface area contributed by atoms with Crippen molar-refractivity contribution in [1.29, 1.82) is 0 Å². The third kappa shape index (κ3) is 3.63. The van der Waals surface area contributed by atoms with Crippen LogP contribution in [0.3, 0.4) is 0 Å². The number of esters is 1. The fourth-order valence-electron chi connectivity index (χ4n) is 1.09. The number of hydrogen-bond acceptors (Lipinski definition) is 5. The molecule has 2 N–H and O–H groups in total. The fraction of sp³-hybridized carbons (Fsp3) is 0.300. The SMILES string of the molecule is Cc1cc(C(=O)O[C@H](CC(=O)O)C(=O)O)co1. The highest BCUT2D eigenvalue weighted by atomic mass is 16.6. The van der Waals surface area contributed by atoms with Gasteiger partial charge in [0.2, 0.25) is 6.10 Å². The van der Waals surface area contributed by atoms with Crippen molar-refractivity contribution in [2.75, 3.05) is 0 Å². The Labute approximate surface area is 95.6 Å². The molecule has 0 spiro atoms. The average molecular weight is 242 g/mol. The van der Waals surface area contributed by atoms with Gasteiger partial charge in [0.05, 0.1) is 12.0 Å². The van der Waals surface area contributed by atoms with E-state index in [0.717, 1.165) is 6.26 Å². The van der Waals surface area contributed by atoms with Crippen LogP contribution in [0.2, 0.25) is 0 Å². The third-order valence-electron chi connectivity index (χ3n) is 1.85. The fourth-order valence-corrected chi connectivity index (χ4v) is 1.09. The minimum Gasteiger partial charge on any atom is -0.481 e. The summed E-state index contributed by atoms with van der Waals surface area (Å²) in [6, 6.07) is 1.36. The van der Waals surface area contributed by atoms with E-state index in [4.69, 9.17) is 14.6 Å². The van der Waals surface area contributed by atoms with Gasteiger partial charge >= 0.3 is 17.9 Å². The second-order valence-corrected chi connectivity index (χ2v) is 3.28. The Morgan fingerprint density at radius 3 is 2.47 bits per heavy atom. The predicted octanol–water partition coefficient (Wildman–Crippen LogP) is 0.673. The Hall–Kier alpha value is -2.31. The van der Waals surface area contributed by atoms with E-state index in [2.05, 4.69) is 4.74 Å². The second-order valence-electron chi connectivity index (χ2n) is 3.28. The van der Waals surface area contributed by atoms with E-state index in [-0.39, 0.29) is 5.56 Å². The topological polar surface area (TPSA) is 114 Å². The molecule has 92 valence electrons. The molecule has 1 aromatic rings. The molecule has 0 aliphatic heterocycles. The molecule has 0 aliphatic rings. The quantitative estimate of drug-likeness (QED) is 0.729. The van der Waals surface area contributed by atoms with Crippen LogP contribution in [0.15, 0.2) is 16.7 Å². The minimum absolute atomic E-state index is 0.0409. The van der Waals surface area contributed by atoms with Crippen LogP contribution in [0, 0.1) is 6.92 Å². The van der Waals surface area contributed by atoms with Gasteiger partial charge in [-0.1, -0.05) is 0 Å². The van der Waals surface area contributed by atoms with Gasteiger partial charge in [-0.25, -0.2) is 9.59 Å². The Morgan fingerprint density at radius 1 is 1.41 bits per heavy atom. The molecular weight excluding hydrogens is 232 g/mol. The molecule has 1 atom stereocenters. The van der Waals surface area contributed by atoms with Gasteiger partial charge in [-0.2, -0.15) is 0 Å². The van der Waals surface area contributed by atoms with Crippen LogP contribution in [0.25, 0.3) is 0 Å². The Bertz CT molecular complexity index is 445. The molecule has 0 aromatic carbocycles. The maximum Gasteiger partial charge on any atom is 0.345 e.